The summed E-state index contributed by atoms with van der Waals surface area (Å²) in [6, 6.07) is 13.7. The standard InChI is InChI=1S/C24H28BrClN2O5S/c25-19-2-8-22(9-3-19)34(30,31)28-11-1-10-24(17-28,16-23(29)27-12-14-32-15-13-27)18-33-21-6-4-20(26)5-7-21/h2-9H,1,10-18H2/t24-/m1/s1. The van der Waals surface area contributed by atoms with E-state index in [1.165, 1.54) is 4.31 Å². The Kier molecular flexibility index (Phi) is 8.20. The van der Waals surface area contributed by atoms with Gasteiger partial charge in [0.1, 0.15) is 5.75 Å². The number of halogens is 2. The highest BCUT2D eigenvalue weighted by Crippen LogP contribution is 2.37. The predicted molar refractivity (Wildman–Crippen MR) is 134 cm³/mol. The highest BCUT2D eigenvalue weighted by Gasteiger charge is 2.43. The molecule has 1 atom stereocenters. The van der Waals surface area contributed by atoms with Crippen molar-refractivity contribution in [3.8, 4) is 5.75 Å². The van der Waals surface area contributed by atoms with Crippen LogP contribution in [0.3, 0.4) is 0 Å². The Bertz CT molecular complexity index is 1090. The number of rotatable bonds is 7. The summed E-state index contributed by atoms with van der Waals surface area (Å²) < 4.78 is 40.6. The van der Waals surface area contributed by atoms with Gasteiger partial charge in [0.25, 0.3) is 0 Å². The summed E-state index contributed by atoms with van der Waals surface area (Å²) >= 11 is 9.34. The summed E-state index contributed by atoms with van der Waals surface area (Å²) in [5.74, 6) is 0.640. The fourth-order valence-electron chi connectivity index (χ4n) is 4.45. The molecule has 34 heavy (non-hydrogen) atoms. The third-order valence-corrected chi connectivity index (χ3v) is 8.97. The molecular weight excluding hydrogens is 544 g/mol. The van der Waals surface area contributed by atoms with Gasteiger partial charge in [-0.1, -0.05) is 27.5 Å². The number of hydrogen-bond acceptors (Lipinski definition) is 5. The molecular formula is C24H28BrClN2O5S. The second-order valence-corrected chi connectivity index (χ2v) is 12.1. The molecule has 7 nitrogen and oxygen atoms in total. The summed E-state index contributed by atoms with van der Waals surface area (Å²) in [5.41, 5.74) is -0.643. The SMILES string of the molecule is O=C(C[C@]1(COc2ccc(Cl)cc2)CCCN(S(=O)(=O)c2ccc(Br)cc2)C1)N1CCOCC1. The van der Waals surface area contributed by atoms with E-state index in [1.807, 2.05) is 0 Å². The second-order valence-electron chi connectivity index (χ2n) is 8.81. The van der Waals surface area contributed by atoms with Crippen LogP contribution in [0.25, 0.3) is 0 Å². The van der Waals surface area contributed by atoms with Gasteiger partial charge in [-0.05, 0) is 61.4 Å². The van der Waals surface area contributed by atoms with E-state index in [0.29, 0.717) is 56.5 Å². The average molecular weight is 572 g/mol. The van der Waals surface area contributed by atoms with Gasteiger partial charge in [0.15, 0.2) is 0 Å². The maximum atomic E-state index is 13.4. The number of amides is 1. The summed E-state index contributed by atoms with van der Waals surface area (Å²) in [4.78, 5) is 15.3. The lowest BCUT2D eigenvalue weighted by molar-refractivity contribution is -0.139. The van der Waals surface area contributed by atoms with Crippen molar-refractivity contribution in [1.82, 2.24) is 9.21 Å². The van der Waals surface area contributed by atoms with Crippen LogP contribution >= 0.6 is 27.5 Å². The zero-order valence-corrected chi connectivity index (χ0v) is 21.9. The Hall–Kier alpha value is -1.65. The van der Waals surface area contributed by atoms with Crippen LogP contribution in [-0.4, -0.2) is 69.5 Å². The van der Waals surface area contributed by atoms with Crippen molar-refractivity contribution in [2.45, 2.75) is 24.2 Å². The number of benzene rings is 2. The van der Waals surface area contributed by atoms with Crippen LogP contribution in [0, 0.1) is 5.41 Å². The minimum atomic E-state index is -3.70. The maximum Gasteiger partial charge on any atom is 0.243 e. The molecule has 0 aromatic heterocycles. The molecule has 4 rings (SSSR count). The van der Waals surface area contributed by atoms with Crippen molar-refractivity contribution in [3.63, 3.8) is 0 Å². The summed E-state index contributed by atoms with van der Waals surface area (Å²) in [5, 5.41) is 0.606. The number of carbonyl (C=O) groups is 1. The topological polar surface area (TPSA) is 76.2 Å². The Morgan fingerprint density at radius 3 is 2.41 bits per heavy atom. The molecule has 2 aromatic carbocycles. The Morgan fingerprint density at radius 2 is 1.74 bits per heavy atom. The fourth-order valence-corrected chi connectivity index (χ4v) is 6.43. The molecule has 0 bridgehead atoms. The molecule has 2 aliphatic heterocycles. The van der Waals surface area contributed by atoms with Crippen molar-refractivity contribution < 1.29 is 22.7 Å². The number of ether oxygens (including phenoxy) is 2. The molecule has 0 spiro atoms. The highest BCUT2D eigenvalue weighted by atomic mass is 79.9. The lowest BCUT2D eigenvalue weighted by atomic mass is 9.78. The zero-order chi connectivity index (χ0) is 24.2. The average Bonchev–Trinajstić information content (AvgIpc) is 2.85. The van der Waals surface area contributed by atoms with Gasteiger partial charge >= 0.3 is 0 Å². The first kappa shape index (κ1) is 25.4. The summed E-state index contributed by atoms with van der Waals surface area (Å²) in [6.45, 7) is 2.99. The highest BCUT2D eigenvalue weighted by molar-refractivity contribution is 9.10. The molecule has 184 valence electrons. The number of hydrogen-bond donors (Lipinski definition) is 0. The molecule has 10 heteroatoms. The van der Waals surface area contributed by atoms with E-state index in [4.69, 9.17) is 21.1 Å². The van der Waals surface area contributed by atoms with Crippen LogP contribution in [-0.2, 0) is 19.6 Å². The normalized spacial score (nSPS) is 21.9. The minimum absolute atomic E-state index is 0.00546. The van der Waals surface area contributed by atoms with Crippen molar-refractivity contribution >= 4 is 43.5 Å². The number of piperidine rings is 1. The lowest BCUT2D eigenvalue weighted by Gasteiger charge is -2.42. The third-order valence-electron chi connectivity index (χ3n) is 6.33. The van der Waals surface area contributed by atoms with Crippen LogP contribution in [0.2, 0.25) is 5.02 Å². The zero-order valence-electron chi connectivity index (χ0n) is 18.8. The van der Waals surface area contributed by atoms with Crippen molar-refractivity contribution in [1.29, 1.82) is 0 Å². The quantitative estimate of drug-likeness (QED) is 0.498. The van der Waals surface area contributed by atoms with Gasteiger partial charge in [0.2, 0.25) is 15.9 Å². The van der Waals surface area contributed by atoms with Crippen LogP contribution in [0.15, 0.2) is 57.9 Å². The summed E-state index contributed by atoms with van der Waals surface area (Å²) in [7, 11) is -3.70. The number of nitrogens with zero attached hydrogens (tertiary/aromatic N) is 2. The van der Waals surface area contributed by atoms with Crippen LogP contribution in [0.4, 0.5) is 0 Å². The van der Waals surface area contributed by atoms with Crippen molar-refractivity contribution in [2.24, 2.45) is 5.41 Å². The van der Waals surface area contributed by atoms with Gasteiger partial charge in [-0.2, -0.15) is 4.31 Å². The maximum absolute atomic E-state index is 13.4. The molecule has 2 aromatic rings. The molecule has 2 fully saturated rings. The van der Waals surface area contributed by atoms with Gasteiger partial charge in [0.05, 0.1) is 24.7 Å². The van der Waals surface area contributed by atoms with Gasteiger partial charge in [-0.3, -0.25) is 4.79 Å². The smallest absolute Gasteiger partial charge is 0.243 e. The van der Waals surface area contributed by atoms with Crippen LogP contribution in [0.5, 0.6) is 5.75 Å². The molecule has 2 heterocycles. The largest absolute Gasteiger partial charge is 0.493 e. The van der Waals surface area contributed by atoms with Crippen LogP contribution < -0.4 is 4.74 Å². The molecule has 0 saturated carbocycles. The predicted octanol–water partition coefficient (Wildman–Crippen LogP) is 4.20. The van der Waals surface area contributed by atoms with Crippen molar-refractivity contribution in [2.75, 3.05) is 46.0 Å². The Balaban J connectivity index is 1.57. The first-order valence-electron chi connectivity index (χ1n) is 11.3. The second kappa shape index (κ2) is 11.0. The third kappa shape index (κ3) is 6.12. The first-order valence-corrected chi connectivity index (χ1v) is 13.9. The summed E-state index contributed by atoms with van der Waals surface area (Å²) in [6.07, 6.45) is 1.56. The minimum Gasteiger partial charge on any atom is -0.493 e. The monoisotopic (exact) mass is 570 g/mol. The lowest BCUT2D eigenvalue weighted by Crippen LogP contribution is -2.51. The molecule has 2 saturated heterocycles. The molecule has 1 amide bonds. The van der Waals surface area contributed by atoms with E-state index >= 15 is 0 Å². The van der Waals surface area contributed by atoms with Gasteiger partial charge in [0, 0.05) is 47.5 Å². The van der Waals surface area contributed by atoms with Crippen molar-refractivity contribution in [3.05, 3.63) is 58.0 Å². The van der Waals surface area contributed by atoms with E-state index in [2.05, 4.69) is 15.9 Å². The number of sulfonamides is 1. The van der Waals surface area contributed by atoms with Gasteiger partial charge in [-0.15, -0.1) is 0 Å². The first-order chi connectivity index (χ1) is 16.3. The molecule has 0 unspecified atom stereocenters. The van der Waals surface area contributed by atoms with Gasteiger partial charge in [-0.25, -0.2) is 8.42 Å². The van der Waals surface area contributed by atoms with E-state index in [-0.39, 0.29) is 30.4 Å². The Morgan fingerprint density at radius 1 is 1.06 bits per heavy atom. The number of carbonyl (C=O) groups excluding carboxylic acids is 1. The molecule has 0 aliphatic carbocycles. The fraction of sp³-hybridized carbons (Fsp3) is 0.458. The van der Waals surface area contributed by atoms with E-state index in [9.17, 15) is 13.2 Å². The Labute approximate surface area is 214 Å². The number of morpholine rings is 1. The molecule has 2 aliphatic rings. The van der Waals surface area contributed by atoms with Crippen LogP contribution in [0.1, 0.15) is 19.3 Å². The van der Waals surface area contributed by atoms with E-state index in [1.54, 1.807) is 53.4 Å². The van der Waals surface area contributed by atoms with Gasteiger partial charge < -0.3 is 14.4 Å². The van der Waals surface area contributed by atoms with E-state index in [0.717, 1.165) is 4.47 Å². The molecule has 0 N–H and O–H groups in total. The van der Waals surface area contributed by atoms with E-state index < -0.39 is 15.4 Å². The molecule has 0 radical (unpaired) electrons.